The zero-order valence-corrected chi connectivity index (χ0v) is 17.2. The first-order chi connectivity index (χ1) is 15.9. The van der Waals surface area contributed by atoms with E-state index in [4.69, 9.17) is 0 Å². The van der Waals surface area contributed by atoms with Gasteiger partial charge >= 0.3 is 0 Å². The number of hydrogen-bond acceptors (Lipinski definition) is 2. The quantitative estimate of drug-likeness (QED) is 0.319. The number of hydrogen-bond donors (Lipinski definition) is 0. The Morgan fingerprint density at radius 1 is 0.438 bits per heavy atom. The van der Waals surface area contributed by atoms with Crippen LogP contribution in [0.5, 0.6) is 0 Å². The van der Waals surface area contributed by atoms with Crippen molar-refractivity contribution < 1.29 is 0 Å². The number of aromatic nitrogens is 4. The molecule has 0 saturated carbocycles. The van der Waals surface area contributed by atoms with Crippen LogP contribution in [0, 0.1) is 0 Å². The van der Waals surface area contributed by atoms with E-state index in [1.165, 1.54) is 32.6 Å². The van der Waals surface area contributed by atoms with Gasteiger partial charge in [-0.1, -0.05) is 54.6 Å². The molecule has 0 fully saturated rings. The van der Waals surface area contributed by atoms with Crippen LogP contribution in [-0.2, 0) is 0 Å². The molecule has 4 aromatic carbocycles. The van der Waals surface area contributed by atoms with Gasteiger partial charge in [0.05, 0.1) is 22.1 Å². The smallest absolute Gasteiger partial charge is 0.234 e. The van der Waals surface area contributed by atoms with Gasteiger partial charge in [-0.05, 0) is 42.5 Å². The highest BCUT2D eigenvalue weighted by atomic mass is 15.1. The van der Waals surface area contributed by atoms with Crippen molar-refractivity contribution in [2.24, 2.45) is 0 Å². The van der Waals surface area contributed by atoms with E-state index in [2.05, 4.69) is 110 Å². The van der Waals surface area contributed by atoms with Gasteiger partial charge in [-0.25, -0.2) is 9.97 Å². The Morgan fingerprint density at radius 3 is 1.62 bits per heavy atom. The molecule has 7 rings (SSSR count). The molecule has 0 atom stereocenters. The second-order valence-electron chi connectivity index (χ2n) is 7.94. The van der Waals surface area contributed by atoms with Crippen LogP contribution >= 0.6 is 0 Å². The second kappa shape index (κ2) is 6.53. The molecule has 0 amide bonds. The summed E-state index contributed by atoms with van der Waals surface area (Å²) in [7, 11) is 0. The molecule has 0 aliphatic carbocycles. The maximum Gasteiger partial charge on any atom is 0.234 e. The number of benzene rings is 4. The van der Waals surface area contributed by atoms with Gasteiger partial charge in [0.2, 0.25) is 5.95 Å². The van der Waals surface area contributed by atoms with Crippen LogP contribution in [0.15, 0.2) is 109 Å². The molecule has 0 saturated heterocycles. The lowest BCUT2D eigenvalue weighted by atomic mass is 10.1. The van der Waals surface area contributed by atoms with Gasteiger partial charge in [-0.15, -0.1) is 0 Å². The second-order valence-corrected chi connectivity index (χ2v) is 7.94. The lowest BCUT2D eigenvalue weighted by molar-refractivity contribution is 0.988. The average Bonchev–Trinajstić information content (AvgIpc) is 3.38. The van der Waals surface area contributed by atoms with Gasteiger partial charge in [0.15, 0.2) is 0 Å². The molecule has 0 spiro atoms. The summed E-state index contributed by atoms with van der Waals surface area (Å²) in [5.74, 6) is 0.685. The monoisotopic (exact) mass is 410 g/mol. The van der Waals surface area contributed by atoms with Crippen LogP contribution in [0.1, 0.15) is 0 Å². The zero-order chi connectivity index (χ0) is 21.1. The topological polar surface area (TPSA) is 35.6 Å². The molecule has 150 valence electrons. The lowest BCUT2D eigenvalue weighted by Crippen LogP contribution is -1.99. The maximum atomic E-state index is 4.56. The van der Waals surface area contributed by atoms with Crippen molar-refractivity contribution in [2.45, 2.75) is 0 Å². The summed E-state index contributed by atoms with van der Waals surface area (Å²) in [6.07, 6.45) is 3.59. The first-order valence-electron chi connectivity index (χ1n) is 10.7. The van der Waals surface area contributed by atoms with Crippen LogP contribution in [0.2, 0.25) is 0 Å². The molecule has 3 aromatic heterocycles. The Kier molecular flexibility index (Phi) is 3.52. The largest absolute Gasteiger partial charge is 0.309 e. The summed E-state index contributed by atoms with van der Waals surface area (Å²) in [4.78, 5) is 9.13. The molecular formula is C28H18N4. The van der Waals surface area contributed by atoms with Crippen molar-refractivity contribution >= 4 is 43.6 Å². The predicted octanol–water partition coefficient (Wildman–Crippen LogP) is 6.67. The zero-order valence-electron chi connectivity index (χ0n) is 17.2. The van der Waals surface area contributed by atoms with Crippen molar-refractivity contribution in [2.75, 3.05) is 0 Å². The highest BCUT2D eigenvalue weighted by Gasteiger charge is 2.20. The Labute approximate surface area is 184 Å². The van der Waals surface area contributed by atoms with Gasteiger partial charge in [-0.3, -0.25) is 4.57 Å². The first-order valence-corrected chi connectivity index (χ1v) is 10.7. The van der Waals surface area contributed by atoms with Crippen molar-refractivity contribution in [3.63, 3.8) is 0 Å². The SMILES string of the molecule is c1ccc(-n2c3ccccc3c3c4c5ccccc5n(-c5ncccn5)c4ccc32)cc1. The molecular weight excluding hydrogens is 392 g/mol. The molecule has 0 aliphatic heterocycles. The number of nitrogens with zero attached hydrogens (tertiary/aromatic N) is 4. The summed E-state index contributed by atoms with van der Waals surface area (Å²) < 4.78 is 4.52. The van der Waals surface area contributed by atoms with Crippen molar-refractivity contribution in [1.82, 2.24) is 19.1 Å². The Balaban J connectivity index is 1.74. The summed E-state index contributed by atoms with van der Waals surface area (Å²) in [5.41, 5.74) is 5.78. The van der Waals surface area contributed by atoms with Crippen molar-refractivity contribution in [3.8, 4) is 11.6 Å². The van der Waals surface area contributed by atoms with E-state index in [9.17, 15) is 0 Å². The number of fused-ring (bicyclic) bond motifs is 7. The molecule has 0 bridgehead atoms. The molecule has 0 aliphatic rings. The standard InChI is InChI=1S/C28H18N4/c1-2-9-19(10-3-1)31-22-13-6-4-11-20(22)26-24(31)15-16-25-27(26)21-12-5-7-14-23(21)32(25)28-29-17-8-18-30-28/h1-18H. The summed E-state index contributed by atoms with van der Waals surface area (Å²) in [6, 6.07) is 34.0. The van der Waals surface area contributed by atoms with Gasteiger partial charge in [-0.2, -0.15) is 0 Å². The third-order valence-electron chi connectivity index (χ3n) is 6.24. The van der Waals surface area contributed by atoms with E-state index in [0.29, 0.717) is 5.95 Å². The summed E-state index contributed by atoms with van der Waals surface area (Å²) in [6.45, 7) is 0. The Bertz CT molecular complexity index is 1630. The van der Waals surface area contributed by atoms with E-state index < -0.39 is 0 Å². The minimum Gasteiger partial charge on any atom is -0.309 e. The minimum absolute atomic E-state index is 0.685. The summed E-state index contributed by atoms with van der Waals surface area (Å²) >= 11 is 0. The molecule has 32 heavy (non-hydrogen) atoms. The van der Waals surface area contributed by atoms with Gasteiger partial charge in [0.25, 0.3) is 0 Å². The fourth-order valence-corrected chi connectivity index (χ4v) is 5.00. The Morgan fingerprint density at radius 2 is 0.969 bits per heavy atom. The van der Waals surface area contributed by atoms with E-state index >= 15 is 0 Å². The van der Waals surface area contributed by atoms with Crippen molar-refractivity contribution in [1.29, 1.82) is 0 Å². The fraction of sp³-hybridized carbons (Fsp3) is 0. The molecule has 4 heteroatoms. The highest BCUT2D eigenvalue weighted by molar-refractivity contribution is 6.28. The molecule has 0 radical (unpaired) electrons. The molecule has 0 N–H and O–H groups in total. The minimum atomic E-state index is 0.685. The van der Waals surface area contributed by atoms with E-state index in [-0.39, 0.29) is 0 Å². The van der Waals surface area contributed by atoms with Gasteiger partial charge in [0.1, 0.15) is 0 Å². The first kappa shape index (κ1) is 17.3. The van der Waals surface area contributed by atoms with Crippen molar-refractivity contribution in [3.05, 3.63) is 109 Å². The van der Waals surface area contributed by atoms with E-state index in [0.717, 1.165) is 16.7 Å². The highest BCUT2D eigenvalue weighted by Crippen LogP contribution is 2.41. The molecule has 4 nitrogen and oxygen atoms in total. The number of para-hydroxylation sites is 3. The molecule has 3 heterocycles. The van der Waals surface area contributed by atoms with Crippen LogP contribution in [-0.4, -0.2) is 19.1 Å². The van der Waals surface area contributed by atoms with E-state index in [1.807, 2.05) is 6.07 Å². The average molecular weight is 410 g/mol. The van der Waals surface area contributed by atoms with Crippen LogP contribution < -0.4 is 0 Å². The van der Waals surface area contributed by atoms with Crippen LogP contribution in [0.3, 0.4) is 0 Å². The third-order valence-corrected chi connectivity index (χ3v) is 6.24. The van der Waals surface area contributed by atoms with Gasteiger partial charge < -0.3 is 4.57 Å². The maximum absolute atomic E-state index is 4.56. The lowest BCUT2D eigenvalue weighted by Gasteiger charge is -2.08. The number of rotatable bonds is 2. The molecule has 0 unspecified atom stereocenters. The normalized spacial score (nSPS) is 11.8. The predicted molar refractivity (Wildman–Crippen MR) is 131 cm³/mol. The van der Waals surface area contributed by atoms with Gasteiger partial charge in [0, 0.05) is 39.6 Å². The summed E-state index contributed by atoms with van der Waals surface area (Å²) in [5, 5.41) is 4.94. The van der Waals surface area contributed by atoms with Crippen LogP contribution in [0.4, 0.5) is 0 Å². The fourth-order valence-electron chi connectivity index (χ4n) is 5.00. The third kappa shape index (κ3) is 2.26. The Hall–Kier alpha value is -4.44. The van der Waals surface area contributed by atoms with E-state index in [1.54, 1.807) is 12.4 Å². The molecule has 7 aromatic rings. The van der Waals surface area contributed by atoms with Crippen LogP contribution in [0.25, 0.3) is 55.2 Å².